The van der Waals surface area contributed by atoms with E-state index in [9.17, 15) is 12.8 Å². The Balaban J connectivity index is 1.69. The Morgan fingerprint density at radius 3 is 2.35 bits per heavy atom. The summed E-state index contributed by atoms with van der Waals surface area (Å²) >= 11 is 0. The first-order valence-corrected chi connectivity index (χ1v) is 9.83. The predicted molar refractivity (Wildman–Crippen MR) is 90.2 cm³/mol. The standard InChI is InChI=1S/C17H27FN2O2S/c1-14-11-15(2)13-20(12-14)10-4-3-9-19-23(21,22)17-7-5-16(18)6-8-17/h5-8,14-15,19H,3-4,9-13H2,1-2H3. The molecule has 0 amide bonds. The number of nitrogens with zero attached hydrogens (tertiary/aromatic N) is 1. The van der Waals surface area contributed by atoms with Gasteiger partial charge in [0, 0.05) is 19.6 Å². The zero-order chi connectivity index (χ0) is 16.9. The second-order valence-electron chi connectivity index (χ2n) is 6.76. The molecule has 2 rings (SSSR count). The first-order valence-electron chi connectivity index (χ1n) is 8.34. The highest BCUT2D eigenvalue weighted by molar-refractivity contribution is 7.89. The number of unbranched alkanes of at least 4 members (excludes halogenated alkanes) is 1. The van der Waals surface area contributed by atoms with E-state index in [4.69, 9.17) is 0 Å². The molecule has 1 aliphatic heterocycles. The van der Waals surface area contributed by atoms with Crippen LogP contribution in [0.4, 0.5) is 4.39 Å². The number of rotatable bonds is 7. The van der Waals surface area contributed by atoms with Crippen molar-refractivity contribution in [3.63, 3.8) is 0 Å². The van der Waals surface area contributed by atoms with Crippen molar-refractivity contribution < 1.29 is 12.8 Å². The average Bonchev–Trinajstić information content (AvgIpc) is 2.46. The van der Waals surface area contributed by atoms with Crippen molar-refractivity contribution in [1.29, 1.82) is 0 Å². The van der Waals surface area contributed by atoms with Crippen molar-refractivity contribution in [2.75, 3.05) is 26.2 Å². The molecule has 1 heterocycles. The lowest BCUT2D eigenvalue weighted by Gasteiger charge is -2.34. The molecule has 2 unspecified atom stereocenters. The van der Waals surface area contributed by atoms with E-state index < -0.39 is 15.8 Å². The lowest BCUT2D eigenvalue weighted by molar-refractivity contribution is 0.139. The molecule has 0 aromatic heterocycles. The Kier molecular flexibility index (Phi) is 6.56. The summed E-state index contributed by atoms with van der Waals surface area (Å²) < 4.78 is 39.5. The van der Waals surface area contributed by atoms with E-state index in [0.717, 1.165) is 56.4 Å². The Hall–Kier alpha value is -0.980. The summed E-state index contributed by atoms with van der Waals surface area (Å²) in [6, 6.07) is 4.89. The van der Waals surface area contributed by atoms with Gasteiger partial charge in [-0.15, -0.1) is 0 Å². The Bertz CT molecular complexity index is 579. The van der Waals surface area contributed by atoms with E-state index in [1.54, 1.807) is 0 Å². The molecule has 1 N–H and O–H groups in total. The van der Waals surface area contributed by atoms with E-state index in [2.05, 4.69) is 23.5 Å². The summed E-state index contributed by atoms with van der Waals surface area (Å²) in [4.78, 5) is 2.59. The van der Waals surface area contributed by atoms with E-state index >= 15 is 0 Å². The summed E-state index contributed by atoms with van der Waals surface area (Å²) in [5.74, 6) is 1.06. The van der Waals surface area contributed by atoms with E-state index in [0.29, 0.717) is 6.54 Å². The second-order valence-corrected chi connectivity index (χ2v) is 8.53. The number of hydrogen-bond donors (Lipinski definition) is 1. The molecule has 1 fully saturated rings. The van der Waals surface area contributed by atoms with Crippen molar-refractivity contribution >= 4 is 10.0 Å². The van der Waals surface area contributed by atoms with Gasteiger partial charge in [0.1, 0.15) is 5.82 Å². The quantitative estimate of drug-likeness (QED) is 0.775. The minimum Gasteiger partial charge on any atom is -0.303 e. The third-order valence-electron chi connectivity index (χ3n) is 4.26. The van der Waals surface area contributed by atoms with Gasteiger partial charge in [0.15, 0.2) is 0 Å². The summed E-state index contributed by atoms with van der Waals surface area (Å²) in [6.45, 7) is 8.31. The fourth-order valence-corrected chi connectivity index (χ4v) is 4.41. The zero-order valence-electron chi connectivity index (χ0n) is 14.0. The summed E-state index contributed by atoms with van der Waals surface area (Å²) in [5, 5.41) is 0. The third kappa shape index (κ3) is 5.86. The molecule has 1 aliphatic rings. The highest BCUT2D eigenvalue weighted by atomic mass is 32.2. The van der Waals surface area contributed by atoms with Crippen LogP contribution in [0.3, 0.4) is 0 Å². The Morgan fingerprint density at radius 1 is 1.13 bits per heavy atom. The molecule has 6 heteroatoms. The Labute approximate surface area is 139 Å². The third-order valence-corrected chi connectivity index (χ3v) is 5.74. The molecule has 0 bridgehead atoms. The smallest absolute Gasteiger partial charge is 0.240 e. The van der Waals surface area contributed by atoms with Gasteiger partial charge in [0.05, 0.1) is 4.90 Å². The topological polar surface area (TPSA) is 49.4 Å². The molecule has 0 spiro atoms. The normalized spacial score (nSPS) is 23.1. The molecule has 23 heavy (non-hydrogen) atoms. The molecule has 0 radical (unpaired) electrons. The van der Waals surface area contributed by atoms with Gasteiger partial charge in [0.2, 0.25) is 10.0 Å². The van der Waals surface area contributed by atoms with Crippen LogP contribution >= 0.6 is 0 Å². The lowest BCUT2D eigenvalue weighted by Crippen LogP contribution is -2.39. The van der Waals surface area contributed by atoms with Gasteiger partial charge in [-0.05, 0) is 61.9 Å². The summed E-state index contributed by atoms with van der Waals surface area (Å²) in [6.07, 6.45) is 3.08. The van der Waals surface area contributed by atoms with Crippen LogP contribution in [0.25, 0.3) is 0 Å². The average molecular weight is 342 g/mol. The number of sulfonamides is 1. The molecule has 0 aliphatic carbocycles. The predicted octanol–water partition coefficient (Wildman–Crippen LogP) is 2.86. The van der Waals surface area contributed by atoms with Crippen molar-refractivity contribution in [3.8, 4) is 0 Å². The number of likely N-dealkylation sites (tertiary alicyclic amines) is 1. The van der Waals surface area contributed by atoms with Gasteiger partial charge >= 0.3 is 0 Å². The van der Waals surface area contributed by atoms with Crippen LogP contribution in [0.2, 0.25) is 0 Å². The highest BCUT2D eigenvalue weighted by Gasteiger charge is 2.21. The molecule has 1 aromatic rings. The Morgan fingerprint density at radius 2 is 1.74 bits per heavy atom. The van der Waals surface area contributed by atoms with Crippen molar-refractivity contribution in [2.45, 2.75) is 38.0 Å². The van der Waals surface area contributed by atoms with Crippen LogP contribution in [0.15, 0.2) is 29.2 Å². The summed E-state index contributed by atoms with van der Waals surface area (Å²) in [5.41, 5.74) is 0. The number of hydrogen-bond acceptors (Lipinski definition) is 3. The largest absolute Gasteiger partial charge is 0.303 e. The van der Waals surface area contributed by atoms with Crippen LogP contribution in [-0.4, -0.2) is 39.5 Å². The van der Waals surface area contributed by atoms with Gasteiger partial charge in [-0.2, -0.15) is 0 Å². The monoisotopic (exact) mass is 342 g/mol. The summed E-state index contributed by atoms with van der Waals surface area (Å²) in [7, 11) is -3.53. The molecule has 130 valence electrons. The first kappa shape index (κ1) is 18.4. The molecule has 1 saturated heterocycles. The molecule has 2 atom stereocenters. The van der Waals surface area contributed by atoms with Gasteiger partial charge in [-0.1, -0.05) is 13.8 Å². The SMILES string of the molecule is CC1CC(C)CN(CCCCNS(=O)(=O)c2ccc(F)cc2)C1. The molecule has 1 aromatic carbocycles. The van der Waals surface area contributed by atoms with Crippen molar-refractivity contribution in [3.05, 3.63) is 30.1 Å². The minimum atomic E-state index is -3.53. The van der Waals surface area contributed by atoms with Gasteiger partial charge in [-0.3, -0.25) is 0 Å². The minimum absolute atomic E-state index is 0.109. The lowest BCUT2D eigenvalue weighted by atomic mass is 9.92. The van der Waals surface area contributed by atoms with E-state index in [1.165, 1.54) is 18.6 Å². The van der Waals surface area contributed by atoms with Gasteiger partial charge in [0.25, 0.3) is 0 Å². The number of nitrogens with one attached hydrogen (secondary N) is 1. The number of halogens is 1. The highest BCUT2D eigenvalue weighted by Crippen LogP contribution is 2.21. The molecular weight excluding hydrogens is 315 g/mol. The van der Waals surface area contributed by atoms with Gasteiger partial charge in [-0.25, -0.2) is 17.5 Å². The fourth-order valence-electron chi connectivity index (χ4n) is 3.34. The van der Waals surface area contributed by atoms with Crippen LogP contribution in [-0.2, 0) is 10.0 Å². The molecular formula is C17H27FN2O2S. The first-order chi connectivity index (χ1) is 10.9. The van der Waals surface area contributed by atoms with Crippen LogP contribution in [0, 0.1) is 17.7 Å². The molecule has 0 saturated carbocycles. The number of benzene rings is 1. The number of piperidine rings is 1. The van der Waals surface area contributed by atoms with E-state index in [1.807, 2.05) is 0 Å². The van der Waals surface area contributed by atoms with Crippen LogP contribution < -0.4 is 4.72 Å². The zero-order valence-corrected chi connectivity index (χ0v) is 14.8. The van der Waals surface area contributed by atoms with Gasteiger partial charge < -0.3 is 4.90 Å². The molecule has 4 nitrogen and oxygen atoms in total. The van der Waals surface area contributed by atoms with Crippen molar-refractivity contribution in [2.24, 2.45) is 11.8 Å². The maximum Gasteiger partial charge on any atom is 0.240 e. The maximum atomic E-state index is 12.8. The van der Waals surface area contributed by atoms with Crippen LogP contribution in [0.1, 0.15) is 33.1 Å². The van der Waals surface area contributed by atoms with E-state index in [-0.39, 0.29) is 4.90 Å². The van der Waals surface area contributed by atoms with Crippen LogP contribution in [0.5, 0.6) is 0 Å². The van der Waals surface area contributed by atoms with Crippen molar-refractivity contribution in [1.82, 2.24) is 9.62 Å². The maximum absolute atomic E-state index is 12.8. The second kappa shape index (κ2) is 8.22. The fraction of sp³-hybridized carbons (Fsp3) is 0.647.